The lowest BCUT2D eigenvalue weighted by Gasteiger charge is -2.20. The number of carboxylic acids is 1. The van der Waals surface area contributed by atoms with Crippen LogP contribution in [0.25, 0.3) is 10.4 Å². The largest absolute Gasteiger partial charge is 0.496 e. The minimum Gasteiger partial charge on any atom is -0.496 e. The summed E-state index contributed by atoms with van der Waals surface area (Å²) in [5.41, 5.74) is 0.843. The van der Waals surface area contributed by atoms with Gasteiger partial charge < -0.3 is 19.3 Å². The normalized spacial score (nSPS) is 21.1. The zero-order chi connectivity index (χ0) is 19.8. The average molecular weight is 411 g/mol. The summed E-state index contributed by atoms with van der Waals surface area (Å²) >= 11 is 3.07. The Morgan fingerprint density at radius 3 is 2.33 bits per heavy atom. The Morgan fingerprint density at radius 1 is 1.15 bits per heavy atom. The number of nitrogens with one attached hydrogen (secondary N) is 1. The number of carbonyl (C=O) groups is 1. The van der Waals surface area contributed by atoms with Crippen LogP contribution in [-0.2, 0) is 4.79 Å². The summed E-state index contributed by atoms with van der Waals surface area (Å²) in [5, 5.41) is 13.3. The standard InChI is InChI=1S/C18H22N2O5S2/c1-18(2)14(17(21)22)20-16(27-18)15-19-8-13(26-15)9-6-11(24-4)12(25-5)7-10(9)23-3/h6-8,14,16,20H,1-5H3,(H,21,22). The molecule has 2 unspecified atom stereocenters. The highest BCUT2D eigenvalue weighted by Crippen LogP contribution is 2.48. The number of rotatable bonds is 6. The van der Waals surface area contributed by atoms with Crippen LogP contribution in [0.1, 0.15) is 24.2 Å². The van der Waals surface area contributed by atoms with E-state index in [1.165, 1.54) is 11.3 Å². The maximum absolute atomic E-state index is 11.5. The Hall–Kier alpha value is -1.97. The molecule has 2 atom stereocenters. The van der Waals surface area contributed by atoms with Gasteiger partial charge in [0.25, 0.3) is 0 Å². The Morgan fingerprint density at radius 2 is 1.78 bits per heavy atom. The molecule has 7 nitrogen and oxygen atoms in total. The van der Waals surface area contributed by atoms with E-state index in [0.717, 1.165) is 15.4 Å². The second kappa shape index (κ2) is 7.57. The molecule has 3 rings (SSSR count). The third kappa shape index (κ3) is 3.71. The van der Waals surface area contributed by atoms with Gasteiger partial charge in [-0.2, -0.15) is 0 Å². The van der Waals surface area contributed by atoms with Crippen LogP contribution in [0.5, 0.6) is 17.2 Å². The van der Waals surface area contributed by atoms with Gasteiger partial charge in [-0.25, -0.2) is 4.98 Å². The van der Waals surface area contributed by atoms with Gasteiger partial charge in [0.15, 0.2) is 11.5 Å². The van der Waals surface area contributed by atoms with E-state index in [4.69, 9.17) is 14.2 Å². The molecule has 0 saturated carbocycles. The van der Waals surface area contributed by atoms with Crippen molar-refractivity contribution in [1.29, 1.82) is 0 Å². The second-order valence-electron chi connectivity index (χ2n) is 6.51. The monoisotopic (exact) mass is 410 g/mol. The first-order valence-corrected chi connectivity index (χ1v) is 9.93. The van der Waals surface area contributed by atoms with Crippen LogP contribution in [0.4, 0.5) is 0 Å². The van der Waals surface area contributed by atoms with Crippen molar-refractivity contribution in [2.45, 2.75) is 30.0 Å². The van der Waals surface area contributed by atoms with Gasteiger partial charge in [-0.05, 0) is 19.9 Å². The molecule has 1 aromatic carbocycles. The molecule has 146 valence electrons. The summed E-state index contributed by atoms with van der Waals surface area (Å²) < 4.78 is 15.8. The summed E-state index contributed by atoms with van der Waals surface area (Å²) in [6.45, 7) is 3.85. The number of thiazole rings is 1. The smallest absolute Gasteiger partial charge is 0.322 e. The van der Waals surface area contributed by atoms with Gasteiger partial charge in [-0.3, -0.25) is 10.1 Å². The molecular weight excluding hydrogens is 388 g/mol. The van der Waals surface area contributed by atoms with Crippen LogP contribution in [0.2, 0.25) is 0 Å². The van der Waals surface area contributed by atoms with Crippen molar-refractivity contribution in [1.82, 2.24) is 10.3 Å². The first kappa shape index (κ1) is 19.8. The van der Waals surface area contributed by atoms with E-state index in [1.807, 2.05) is 19.9 Å². The van der Waals surface area contributed by atoms with Crippen molar-refractivity contribution in [2.24, 2.45) is 0 Å². The fraction of sp³-hybridized carbons (Fsp3) is 0.444. The molecule has 1 fully saturated rings. The van der Waals surface area contributed by atoms with Gasteiger partial charge in [-0.1, -0.05) is 0 Å². The number of aromatic nitrogens is 1. The predicted octanol–water partition coefficient (Wildman–Crippen LogP) is 3.40. The number of hydrogen-bond acceptors (Lipinski definition) is 8. The fourth-order valence-corrected chi connectivity index (χ4v) is 5.45. The summed E-state index contributed by atoms with van der Waals surface area (Å²) in [5.74, 6) is 0.984. The molecule has 27 heavy (non-hydrogen) atoms. The highest BCUT2D eigenvalue weighted by molar-refractivity contribution is 8.01. The number of benzene rings is 1. The maximum Gasteiger partial charge on any atom is 0.322 e. The summed E-state index contributed by atoms with van der Waals surface area (Å²) in [6, 6.07) is 3.00. The van der Waals surface area contributed by atoms with E-state index in [9.17, 15) is 9.90 Å². The van der Waals surface area contributed by atoms with Gasteiger partial charge in [0.2, 0.25) is 0 Å². The predicted molar refractivity (Wildman–Crippen MR) is 106 cm³/mol. The van der Waals surface area contributed by atoms with Crippen LogP contribution in [0.3, 0.4) is 0 Å². The summed E-state index contributed by atoms with van der Waals surface area (Å²) in [4.78, 5) is 16.9. The molecular formula is C18H22N2O5S2. The third-order valence-electron chi connectivity index (χ3n) is 4.40. The number of methoxy groups -OCH3 is 3. The van der Waals surface area contributed by atoms with Gasteiger partial charge in [-0.15, -0.1) is 23.1 Å². The van der Waals surface area contributed by atoms with Gasteiger partial charge >= 0.3 is 5.97 Å². The molecule has 1 aliphatic heterocycles. The maximum atomic E-state index is 11.5. The molecule has 1 saturated heterocycles. The van der Waals surface area contributed by atoms with Crippen LogP contribution in [0.15, 0.2) is 18.3 Å². The molecule has 0 aliphatic carbocycles. The van der Waals surface area contributed by atoms with Crippen LogP contribution >= 0.6 is 23.1 Å². The van der Waals surface area contributed by atoms with Gasteiger partial charge in [0.1, 0.15) is 22.2 Å². The average Bonchev–Trinajstić information content (AvgIpc) is 3.24. The van der Waals surface area contributed by atoms with E-state index in [2.05, 4.69) is 10.3 Å². The van der Waals surface area contributed by atoms with E-state index < -0.39 is 16.8 Å². The van der Waals surface area contributed by atoms with E-state index in [0.29, 0.717) is 17.2 Å². The Bertz CT molecular complexity index is 852. The Balaban J connectivity index is 1.94. The molecule has 2 N–H and O–H groups in total. The lowest BCUT2D eigenvalue weighted by Crippen LogP contribution is -2.43. The quantitative estimate of drug-likeness (QED) is 0.749. The van der Waals surface area contributed by atoms with Crippen molar-refractivity contribution in [2.75, 3.05) is 21.3 Å². The number of thioether (sulfide) groups is 1. The number of carboxylic acid groups (broad SMARTS) is 1. The van der Waals surface area contributed by atoms with Crippen molar-refractivity contribution >= 4 is 29.1 Å². The lowest BCUT2D eigenvalue weighted by molar-refractivity contribution is -0.139. The molecule has 9 heteroatoms. The van der Waals surface area contributed by atoms with Gasteiger partial charge in [0, 0.05) is 22.6 Å². The first-order valence-electron chi connectivity index (χ1n) is 8.23. The number of nitrogens with zero attached hydrogens (tertiary/aromatic N) is 1. The van der Waals surface area contributed by atoms with E-state index in [-0.39, 0.29) is 5.37 Å². The Kier molecular flexibility index (Phi) is 5.55. The fourth-order valence-electron chi connectivity index (χ4n) is 3.00. The highest BCUT2D eigenvalue weighted by Gasteiger charge is 2.46. The molecule has 0 radical (unpaired) electrons. The van der Waals surface area contributed by atoms with Crippen LogP contribution in [0, 0.1) is 0 Å². The zero-order valence-electron chi connectivity index (χ0n) is 15.7. The minimum atomic E-state index is -0.853. The van der Waals surface area contributed by atoms with Gasteiger partial charge in [0.05, 0.1) is 26.2 Å². The lowest BCUT2D eigenvalue weighted by atomic mass is 10.0. The van der Waals surface area contributed by atoms with Crippen molar-refractivity contribution < 1.29 is 24.1 Å². The molecule has 2 aromatic rings. The number of ether oxygens (including phenoxy) is 3. The molecule has 2 heterocycles. The molecule has 0 spiro atoms. The second-order valence-corrected chi connectivity index (χ2v) is 9.33. The minimum absolute atomic E-state index is 0.175. The van der Waals surface area contributed by atoms with E-state index in [1.54, 1.807) is 45.4 Å². The van der Waals surface area contributed by atoms with Crippen molar-refractivity contribution in [3.05, 3.63) is 23.3 Å². The SMILES string of the molecule is COc1cc(OC)c(-c2cnc(C3NC(C(=O)O)C(C)(C)S3)s2)cc1OC. The highest BCUT2D eigenvalue weighted by atomic mass is 32.2. The number of hydrogen-bond donors (Lipinski definition) is 2. The first-order chi connectivity index (χ1) is 12.8. The zero-order valence-corrected chi connectivity index (χ0v) is 17.4. The van der Waals surface area contributed by atoms with E-state index >= 15 is 0 Å². The Labute approximate surface area is 166 Å². The summed E-state index contributed by atoms with van der Waals surface area (Å²) in [6.07, 6.45) is 1.77. The molecule has 0 bridgehead atoms. The summed E-state index contributed by atoms with van der Waals surface area (Å²) in [7, 11) is 4.76. The number of aliphatic carboxylic acids is 1. The van der Waals surface area contributed by atoms with Crippen molar-refractivity contribution in [3.8, 4) is 27.7 Å². The van der Waals surface area contributed by atoms with Crippen molar-refractivity contribution in [3.63, 3.8) is 0 Å². The topological polar surface area (TPSA) is 89.9 Å². The van der Waals surface area contributed by atoms with Crippen LogP contribution < -0.4 is 19.5 Å². The molecule has 1 aromatic heterocycles. The molecule has 1 aliphatic rings. The van der Waals surface area contributed by atoms with Crippen LogP contribution in [-0.4, -0.2) is 48.2 Å². The molecule has 0 amide bonds. The third-order valence-corrected chi connectivity index (χ3v) is 7.08.